The van der Waals surface area contributed by atoms with Crippen molar-refractivity contribution < 1.29 is 19.1 Å². The number of nitrogens with zero attached hydrogens (tertiary/aromatic N) is 2. The third-order valence-corrected chi connectivity index (χ3v) is 5.28. The molecule has 1 aliphatic rings. The summed E-state index contributed by atoms with van der Waals surface area (Å²) in [6.07, 6.45) is 3.32. The maximum atomic E-state index is 13.0. The van der Waals surface area contributed by atoms with Crippen molar-refractivity contribution >= 4 is 28.4 Å². The van der Waals surface area contributed by atoms with Crippen LogP contribution in [0.15, 0.2) is 73.1 Å². The van der Waals surface area contributed by atoms with E-state index in [1.54, 1.807) is 13.1 Å². The Morgan fingerprint density at radius 3 is 2.84 bits per heavy atom. The van der Waals surface area contributed by atoms with Crippen molar-refractivity contribution in [3.63, 3.8) is 0 Å². The first-order valence-corrected chi connectivity index (χ1v) is 10.1. The fourth-order valence-electron chi connectivity index (χ4n) is 3.60. The topological polar surface area (TPSA) is 96.6 Å². The minimum Gasteiger partial charge on any atom is -0.489 e. The summed E-state index contributed by atoms with van der Waals surface area (Å²) >= 11 is 0. The molecular formula is C24H20N4O4. The number of benzene rings is 2. The van der Waals surface area contributed by atoms with E-state index >= 15 is 0 Å². The van der Waals surface area contributed by atoms with Crippen LogP contribution < -0.4 is 19.7 Å². The van der Waals surface area contributed by atoms with E-state index in [1.807, 2.05) is 54.7 Å². The Hall–Kier alpha value is -4.33. The van der Waals surface area contributed by atoms with Gasteiger partial charge in [-0.2, -0.15) is 0 Å². The van der Waals surface area contributed by atoms with Crippen LogP contribution in [-0.4, -0.2) is 41.5 Å². The second kappa shape index (κ2) is 8.07. The number of carbonyl (C=O) groups is 2. The monoisotopic (exact) mass is 428 g/mol. The molecule has 0 bridgehead atoms. The highest BCUT2D eigenvalue weighted by Crippen LogP contribution is 2.34. The van der Waals surface area contributed by atoms with Gasteiger partial charge >= 0.3 is 0 Å². The molecule has 0 saturated carbocycles. The molecule has 2 aromatic carbocycles. The van der Waals surface area contributed by atoms with E-state index in [0.29, 0.717) is 22.9 Å². The lowest BCUT2D eigenvalue weighted by Crippen LogP contribution is -2.49. The van der Waals surface area contributed by atoms with Gasteiger partial charge in [0.05, 0.1) is 5.69 Å². The van der Waals surface area contributed by atoms with Crippen LogP contribution in [0.5, 0.6) is 17.2 Å². The van der Waals surface area contributed by atoms with Crippen molar-refractivity contribution in [2.75, 3.05) is 18.6 Å². The number of aromatic amines is 1. The van der Waals surface area contributed by atoms with Crippen LogP contribution in [0, 0.1) is 0 Å². The first kappa shape index (κ1) is 19.6. The Kier molecular flexibility index (Phi) is 4.95. The van der Waals surface area contributed by atoms with Gasteiger partial charge in [-0.15, -0.1) is 0 Å². The maximum Gasteiger partial charge on any atom is 0.270 e. The SMILES string of the molecule is CN1C(=O)[C@@H](NC(=O)c2cc(Oc3ccccc3)ccn2)COc2cc3[nH]ccc3cc21. The third kappa shape index (κ3) is 3.74. The first-order chi connectivity index (χ1) is 15.6. The molecule has 4 aromatic rings. The van der Waals surface area contributed by atoms with Gasteiger partial charge in [-0.1, -0.05) is 18.2 Å². The van der Waals surface area contributed by atoms with Crippen molar-refractivity contribution in [1.29, 1.82) is 0 Å². The zero-order chi connectivity index (χ0) is 22.1. The molecule has 160 valence electrons. The van der Waals surface area contributed by atoms with Gasteiger partial charge in [0.15, 0.2) is 0 Å². The van der Waals surface area contributed by atoms with Crippen molar-refractivity contribution in [3.8, 4) is 17.2 Å². The zero-order valence-electron chi connectivity index (χ0n) is 17.2. The van der Waals surface area contributed by atoms with E-state index < -0.39 is 11.9 Å². The minimum atomic E-state index is -0.862. The quantitative estimate of drug-likeness (QED) is 0.519. The highest BCUT2D eigenvalue weighted by Gasteiger charge is 2.31. The molecule has 2 amide bonds. The van der Waals surface area contributed by atoms with Gasteiger partial charge in [0.1, 0.15) is 35.6 Å². The van der Waals surface area contributed by atoms with E-state index in [2.05, 4.69) is 15.3 Å². The number of hydrogen-bond donors (Lipinski definition) is 2. The Bertz CT molecular complexity index is 1300. The number of amides is 2. The summed E-state index contributed by atoms with van der Waals surface area (Å²) in [6.45, 7) is 0.00827. The lowest BCUT2D eigenvalue weighted by molar-refractivity contribution is -0.120. The zero-order valence-corrected chi connectivity index (χ0v) is 17.2. The maximum absolute atomic E-state index is 13.0. The highest BCUT2D eigenvalue weighted by molar-refractivity contribution is 6.04. The second-order valence-corrected chi connectivity index (χ2v) is 7.41. The highest BCUT2D eigenvalue weighted by atomic mass is 16.5. The van der Waals surface area contributed by atoms with E-state index in [4.69, 9.17) is 9.47 Å². The van der Waals surface area contributed by atoms with Crippen LogP contribution in [-0.2, 0) is 4.79 Å². The molecule has 0 radical (unpaired) electrons. The molecule has 32 heavy (non-hydrogen) atoms. The number of hydrogen-bond acceptors (Lipinski definition) is 5. The predicted molar refractivity (Wildman–Crippen MR) is 119 cm³/mol. The van der Waals surface area contributed by atoms with Gasteiger partial charge in [0, 0.05) is 42.5 Å². The van der Waals surface area contributed by atoms with Crippen molar-refractivity contribution in [2.24, 2.45) is 0 Å². The van der Waals surface area contributed by atoms with E-state index in [-0.39, 0.29) is 18.2 Å². The average molecular weight is 428 g/mol. The van der Waals surface area contributed by atoms with Crippen LogP contribution >= 0.6 is 0 Å². The Morgan fingerprint density at radius 2 is 2.00 bits per heavy atom. The van der Waals surface area contributed by atoms with Gasteiger partial charge in [-0.3, -0.25) is 14.6 Å². The molecule has 8 nitrogen and oxygen atoms in total. The number of para-hydroxylation sites is 1. The lowest BCUT2D eigenvalue weighted by Gasteiger charge is -2.20. The van der Waals surface area contributed by atoms with Gasteiger partial charge in [0.2, 0.25) is 0 Å². The summed E-state index contributed by atoms with van der Waals surface area (Å²) in [5.41, 5.74) is 1.70. The number of fused-ring (bicyclic) bond motifs is 2. The number of likely N-dealkylation sites (N-methyl/N-ethyl adjacent to an activating group) is 1. The molecule has 0 spiro atoms. The van der Waals surface area contributed by atoms with Crippen molar-refractivity contribution in [2.45, 2.75) is 6.04 Å². The normalized spacial score (nSPS) is 15.6. The van der Waals surface area contributed by atoms with Crippen LogP contribution in [0.4, 0.5) is 5.69 Å². The number of nitrogens with one attached hydrogen (secondary N) is 2. The molecule has 2 aromatic heterocycles. The van der Waals surface area contributed by atoms with Gasteiger partial charge in [-0.05, 0) is 30.3 Å². The molecule has 0 aliphatic carbocycles. The molecule has 8 heteroatoms. The number of ether oxygens (including phenoxy) is 2. The molecule has 2 N–H and O–H groups in total. The average Bonchev–Trinajstić information content (AvgIpc) is 3.24. The summed E-state index contributed by atoms with van der Waals surface area (Å²) in [5.74, 6) is 0.928. The van der Waals surface area contributed by atoms with Crippen molar-refractivity contribution in [1.82, 2.24) is 15.3 Å². The van der Waals surface area contributed by atoms with Crippen molar-refractivity contribution in [3.05, 3.63) is 78.8 Å². The van der Waals surface area contributed by atoms with Crippen LogP contribution in [0.2, 0.25) is 0 Å². The number of pyridine rings is 1. The smallest absolute Gasteiger partial charge is 0.270 e. The lowest BCUT2D eigenvalue weighted by atomic mass is 10.2. The van der Waals surface area contributed by atoms with E-state index in [9.17, 15) is 9.59 Å². The number of H-pyrrole nitrogens is 1. The van der Waals surface area contributed by atoms with Gasteiger partial charge in [-0.25, -0.2) is 0 Å². The van der Waals surface area contributed by atoms with Gasteiger partial charge in [0.25, 0.3) is 11.8 Å². The molecule has 0 fully saturated rings. The predicted octanol–water partition coefficient (Wildman–Crippen LogP) is 3.51. The molecule has 3 heterocycles. The van der Waals surface area contributed by atoms with E-state index in [0.717, 1.165) is 10.9 Å². The first-order valence-electron chi connectivity index (χ1n) is 10.1. The largest absolute Gasteiger partial charge is 0.489 e. The Balaban J connectivity index is 1.33. The molecule has 0 unspecified atom stereocenters. The Labute approximate surface area is 183 Å². The fraction of sp³-hybridized carbons (Fsp3) is 0.125. The fourth-order valence-corrected chi connectivity index (χ4v) is 3.60. The molecule has 5 rings (SSSR count). The number of rotatable bonds is 4. The molecule has 1 aliphatic heterocycles. The van der Waals surface area contributed by atoms with Crippen LogP contribution in [0.25, 0.3) is 10.9 Å². The summed E-state index contributed by atoms with van der Waals surface area (Å²) in [5, 5.41) is 3.70. The number of anilines is 1. The number of carbonyl (C=O) groups excluding carboxylic acids is 2. The molecular weight excluding hydrogens is 408 g/mol. The molecule has 0 saturated heterocycles. The van der Waals surface area contributed by atoms with Crippen LogP contribution in [0.1, 0.15) is 10.5 Å². The third-order valence-electron chi connectivity index (χ3n) is 5.28. The summed E-state index contributed by atoms with van der Waals surface area (Å²) < 4.78 is 11.6. The summed E-state index contributed by atoms with van der Waals surface area (Å²) in [6, 6.07) is 17.2. The Morgan fingerprint density at radius 1 is 1.16 bits per heavy atom. The molecule has 1 atom stereocenters. The summed E-state index contributed by atoms with van der Waals surface area (Å²) in [4.78, 5) is 34.6. The van der Waals surface area contributed by atoms with Gasteiger partial charge < -0.3 is 24.7 Å². The second-order valence-electron chi connectivity index (χ2n) is 7.41. The standard InChI is InChI=1S/C24H20N4O4/c1-28-21-11-15-7-9-25-18(15)13-22(21)31-14-20(24(28)30)27-23(29)19-12-17(8-10-26-19)32-16-5-3-2-4-6-16/h2-13,20,25H,14H2,1H3,(H,27,29)/t20-/m0/s1. The minimum absolute atomic E-state index is 0.00827. The number of aromatic nitrogens is 2. The van der Waals surface area contributed by atoms with Crippen LogP contribution in [0.3, 0.4) is 0 Å². The summed E-state index contributed by atoms with van der Waals surface area (Å²) in [7, 11) is 1.67. The van der Waals surface area contributed by atoms with E-state index in [1.165, 1.54) is 17.2 Å².